The van der Waals surface area contributed by atoms with Crippen LogP contribution < -0.4 is 0 Å². The van der Waals surface area contributed by atoms with Crippen LogP contribution in [0.3, 0.4) is 0 Å². The number of fused-ring (bicyclic) bond motifs is 1. The minimum Gasteiger partial charge on any atom is -0.380 e. The summed E-state index contributed by atoms with van der Waals surface area (Å²) in [5.41, 5.74) is 1.29. The van der Waals surface area contributed by atoms with Crippen LogP contribution in [-0.4, -0.2) is 37.8 Å². The van der Waals surface area contributed by atoms with Crippen molar-refractivity contribution in [3.8, 4) is 0 Å². The van der Waals surface area contributed by atoms with Gasteiger partial charge in [0.2, 0.25) is 0 Å². The average molecular weight is 275 g/mol. The van der Waals surface area contributed by atoms with Crippen molar-refractivity contribution in [1.29, 1.82) is 0 Å². The average Bonchev–Trinajstić information content (AvgIpc) is 3.04. The highest BCUT2D eigenvalue weighted by molar-refractivity contribution is 5.11. The summed E-state index contributed by atoms with van der Waals surface area (Å²) in [6.07, 6.45) is 3.94. The predicted molar refractivity (Wildman–Crippen MR) is 74.5 cm³/mol. The van der Waals surface area contributed by atoms with Crippen molar-refractivity contribution >= 4 is 0 Å². The molecule has 2 aromatic rings. The Labute approximate surface area is 118 Å². The first kappa shape index (κ1) is 13.3. The van der Waals surface area contributed by atoms with Gasteiger partial charge in [-0.25, -0.2) is 9.67 Å². The zero-order valence-electron chi connectivity index (χ0n) is 12.1. The van der Waals surface area contributed by atoms with Gasteiger partial charge in [-0.2, -0.15) is 10.2 Å². The maximum absolute atomic E-state index is 5.43. The number of ether oxygens (including phenoxy) is 1. The van der Waals surface area contributed by atoms with Gasteiger partial charge in [0.1, 0.15) is 11.6 Å². The second-order valence-electron chi connectivity index (χ2n) is 5.17. The SMILES string of the molecule is CCOCCn1nc(C)nc1C1CCn2nccc2C1. The Morgan fingerprint density at radius 1 is 1.45 bits per heavy atom. The van der Waals surface area contributed by atoms with Gasteiger partial charge in [-0.3, -0.25) is 4.68 Å². The molecule has 20 heavy (non-hydrogen) atoms. The van der Waals surface area contributed by atoms with E-state index in [0.29, 0.717) is 12.5 Å². The van der Waals surface area contributed by atoms with Gasteiger partial charge in [0.25, 0.3) is 0 Å². The third-order valence-corrected chi connectivity index (χ3v) is 3.77. The van der Waals surface area contributed by atoms with E-state index in [4.69, 9.17) is 4.74 Å². The monoisotopic (exact) mass is 275 g/mol. The number of hydrogen-bond donors (Lipinski definition) is 0. The molecule has 6 nitrogen and oxygen atoms in total. The van der Waals surface area contributed by atoms with Gasteiger partial charge in [-0.1, -0.05) is 0 Å². The zero-order valence-corrected chi connectivity index (χ0v) is 12.1. The molecule has 1 unspecified atom stereocenters. The predicted octanol–water partition coefficient (Wildman–Crippen LogP) is 1.55. The number of rotatable bonds is 5. The van der Waals surface area contributed by atoms with Gasteiger partial charge in [0.15, 0.2) is 0 Å². The molecule has 0 amide bonds. The fraction of sp³-hybridized carbons (Fsp3) is 0.643. The Morgan fingerprint density at radius 3 is 3.20 bits per heavy atom. The van der Waals surface area contributed by atoms with Crippen LogP contribution in [0.2, 0.25) is 0 Å². The molecule has 0 saturated carbocycles. The summed E-state index contributed by atoms with van der Waals surface area (Å²) >= 11 is 0. The Bertz CT molecular complexity index is 574. The molecule has 3 rings (SSSR count). The summed E-state index contributed by atoms with van der Waals surface area (Å²) < 4.78 is 9.53. The van der Waals surface area contributed by atoms with Gasteiger partial charge < -0.3 is 4.74 Å². The van der Waals surface area contributed by atoms with E-state index in [9.17, 15) is 0 Å². The van der Waals surface area contributed by atoms with E-state index in [1.807, 2.05) is 24.7 Å². The number of aryl methyl sites for hydroxylation is 2. The van der Waals surface area contributed by atoms with Crippen molar-refractivity contribution < 1.29 is 4.74 Å². The first-order chi connectivity index (χ1) is 9.78. The summed E-state index contributed by atoms with van der Waals surface area (Å²) in [4.78, 5) is 4.64. The molecule has 0 spiro atoms. The van der Waals surface area contributed by atoms with Crippen molar-refractivity contribution in [2.45, 2.75) is 45.7 Å². The largest absolute Gasteiger partial charge is 0.380 e. The molecular formula is C14H21N5O. The first-order valence-corrected chi connectivity index (χ1v) is 7.27. The quantitative estimate of drug-likeness (QED) is 0.777. The second-order valence-corrected chi connectivity index (χ2v) is 5.17. The van der Waals surface area contributed by atoms with E-state index in [1.54, 1.807) is 0 Å². The van der Waals surface area contributed by atoms with Crippen LogP contribution in [0.15, 0.2) is 12.3 Å². The van der Waals surface area contributed by atoms with Gasteiger partial charge >= 0.3 is 0 Å². The van der Waals surface area contributed by atoms with Crippen molar-refractivity contribution in [2.24, 2.45) is 0 Å². The molecule has 108 valence electrons. The van der Waals surface area contributed by atoms with Crippen LogP contribution in [-0.2, 0) is 24.2 Å². The molecule has 0 radical (unpaired) electrons. The standard InChI is InChI=1S/C14H21N5O/c1-3-20-9-8-19-14(16-11(2)17-19)12-5-7-18-13(10-12)4-6-15-18/h4,6,12H,3,5,7-10H2,1-2H3. The first-order valence-electron chi connectivity index (χ1n) is 7.27. The molecular weight excluding hydrogens is 254 g/mol. The minimum atomic E-state index is 0.432. The van der Waals surface area contributed by atoms with E-state index in [1.165, 1.54) is 5.69 Å². The molecule has 1 atom stereocenters. The molecule has 0 N–H and O–H groups in total. The fourth-order valence-corrected chi connectivity index (χ4v) is 2.82. The van der Waals surface area contributed by atoms with Crippen molar-refractivity contribution in [3.05, 3.63) is 29.6 Å². The van der Waals surface area contributed by atoms with Crippen LogP contribution in [0.5, 0.6) is 0 Å². The highest BCUT2D eigenvalue weighted by atomic mass is 16.5. The normalized spacial score (nSPS) is 18.2. The Balaban J connectivity index is 1.77. The van der Waals surface area contributed by atoms with E-state index in [-0.39, 0.29) is 0 Å². The van der Waals surface area contributed by atoms with Gasteiger partial charge in [0, 0.05) is 31.0 Å². The molecule has 0 bridgehead atoms. The maximum atomic E-state index is 5.43. The molecule has 0 aromatic carbocycles. The van der Waals surface area contributed by atoms with Crippen molar-refractivity contribution in [2.75, 3.05) is 13.2 Å². The smallest absolute Gasteiger partial charge is 0.147 e. The van der Waals surface area contributed by atoms with Crippen LogP contribution in [0, 0.1) is 6.92 Å². The number of aromatic nitrogens is 5. The molecule has 3 heterocycles. The Hall–Kier alpha value is -1.69. The summed E-state index contributed by atoms with van der Waals surface area (Å²) in [6.45, 7) is 7.14. The summed E-state index contributed by atoms with van der Waals surface area (Å²) in [5.74, 6) is 2.37. The molecule has 1 aliphatic heterocycles. The Morgan fingerprint density at radius 2 is 2.35 bits per heavy atom. The lowest BCUT2D eigenvalue weighted by molar-refractivity contribution is 0.135. The third-order valence-electron chi connectivity index (χ3n) is 3.77. The summed E-state index contributed by atoms with van der Waals surface area (Å²) in [6, 6.07) is 2.10. The lowest BCUT2D eigenvalue weighted by Crippen LogP contribution is -2.22. The maximum Gasteiger partial charge on any atom is 0.147 e. The summed E-state index contributed by atoms with van der Waals surface area (Å²) in [7, 11) is 0. The van der Waals surface area contributed by atoms with E-state index < -0.39 is 0 Å². The minimum absolute atomic E-state index is 0.432. The van der Waals surface area contributed by atoms with E-state index in [0.717, 1.165) is 44.2 Å². The molecule has 2 aromatic heterocycles. The van der Waals surface area contributed by atoms with Crippen LogP contribution in [0.4, 0.5) is 0 Å². The second kappa shape index (κ2) is 5.75. The number of hydrogen-bond acceptors (Lipinski definition) is 4. The summed E-state index contributed by atoms with van der Waals surface area (Å²) in [5, 5.41) is 8.83. The lowest BCUT2D eigenvalue weighted by atomic mass is 9.95. The molecule has 0 fully saturated rings. The topological polar surface area (TPSA) is 57.8 Å². The van der Waals surface area contributed by atoms with Crippen molar-refractivity contribution in [3.63, 3.8) is 0 Å². The lowest BCUT2D eigenvalue weighted by Gasteiger charge is -2.23. The van der Waals surface area contributed by atoms with Gasteiger partial charge in [0.05, 0.1) is 13.2 Å². The van der Waals surface area contributed by atoms with Crippen molar-refractivity contribution in [1.82, 2.24) is 24.5 Å². The van der Waals surface area contributed by atoms with Gasteiger partial charge in [-0.05, 0) is 32.8 Å². The van der Waals surface area contributed by atoms with E-state index >= 15 is 0 Å². The fourth-order valence-electron chi connectivity index (χ4n) is 2.82. The van der Waals surface area contributed by atoms with Crippen LogP contribution in [0.1, 0.15) is 36.6 Å². The third kappa shape index (κ3) is 2.60. The molecule has 1 aliphatic rings. The van der Waals surface area contributed by atoms with E-state index in [2.05, 4.69) is 25.9 Å². The zero-order chi connectivity index (χ0) is 13.9. The highest BCUT2D eigenvalue weighted by Crippen LogP contribution is 2.27. The highest BCUT2D eigenvalue weighted by Gasteiger charge is 2.25. The van der Waals surface area contributed by atoms with Crippen LogP contribution in [0.25, 0.3) is 0 Å². The molecule has 0 saturated heterocycles. The van der Waals surface area contributed by atoms with Crippen LogP contribution >= 0.6 is 0 Å². The molecule has 0 aliphatic carbocycles. The van der Waals surface area contributed by atoms with Gasteiger partial charge in [-0.15, -0.1) is 0 Å². The molecule has 6 heteroatoms. The number of nitrogens with zero attached hydrogens (tertiary/aromatic N) is 5. The Kier molecular flexibility index (Phi) is 3.82.